The number of benzene rings is 1. The van der Waals surface area contributed by atoms with Crippen molar-refractivity contribution in [3.8, 4) is 5.75 Å². The molecule has 2 heterocycles. The SMILES string of the molecule is Cc1ccc(OCc2nc(C)c(C(=O)N(C)C3CCS(=O)(=O)C3)s2)cc1. The second-order valence-corrected chi connectivity index (χ2v) is 9.91. The number of hydrogen-bond acceptors (Lipinski definition) is 6. The number of hydrogen-bond donors (Lipinski definition) is 0. The first-order chi connectivity index (χ1) is 12.2. The molecule has 1 saturated heterocycles. The van der Waals surface area contributed by atoms with Gasteiger partial charge in [-0.3, -0.25) is 4.79 Å². The van der Waals surface area contributed by atoms with Gasteiger partial charge in [0, 0.05) is 13.1 Å². The summed E-state index contributed by atoms with van der Waals surface area (Å²) in [5.74, 6) is 0.761. The molecule has 26 heavy (non-hydrogen) atoms. The molecule has 1 aliphatic heterocycles. The van der Waals surface area contributed by atoms with Crippen molar-refractivity contribution in [2.24, 2.45) is 0 Å². The molecule has 0 spiro atoms. The van der Waals surface area contributed by atoms with E-state index in [0.717, 1.165) is 16.3 Å². The Morgan fingerprint density at radius 3 is 2.62 bits per heavy atom. The van der Waals surface area contributed by atoms with Gasteiger partial charge in [0.25, 0.3) is 5.91 Å². The predicted molar refractivity (Wildman–Crippen MR) is 102 cm³/mol. The van der Waals surface area contributed by atoms with Gasteiger partial charge in [-0.2, -0.15) is 0 Å². The van der Waals surface area contributed by atoms with Gasteiger partial charge in [-0.15, -0.1) is 11.3 Å². The number of rotatable bonds is 5. The van der Waals surface area contributed by atoms with E-state index in [-0.39, 0.29) is 23.5 Å². The molecule has 2 aromatic rings. The molecule has 1 aromatic heterocycles. The normalized spacial score (nSPS) is 18.7. The van der Waals surface area contributed by atoms with E-state index in [4.69, 9.17) is 4.74 Å². The van der Waals surface area contributed by atoms with Crippen molar-refractivity contribution >= 4 is 27.1 Å². The van der Waals surface area contributed by atoms with E-state index < -0.39 is 9.84 Å². The fourth-order valence-corrected chi connectivity index (χ4v) is 5.63. The minimum Gasteiger partial charge on any atom is -0.486 e. The van der Waals surface area contributed by atoms with E-state index in [9.17, 15) is 13.2 Å². The van der Waals surface area contributed by atoms with Gasteiger partial charge in [0.1, 0.15) is 22.2 Å². The van der Waals surface area contributed by atoms with E-state index in [1.165, 1.54) is 16.2 Å². The highest BCUT2D eigenvalue weighted by atomic mass is 32.2. The van der Waals surface area contributed by atoms with E-state index in [2.05, 4.69) is 4.98 Å². The summed E-state index contributed by atoms with van der Waals surface area (Å²) >= 11 is 1.30. The Kier molecular flexibility index (Phi) is 5.34. The summed E-state index contributed by atoms with van der Waals surface area (Å²) in [5.41, 5.74) is 1.81. The first-order valence-corrected chi connectivity index (χ1v) is 11.0. The van der Waals surface area contributed by atoms with Crippen LogP contribution in [0.4, 0.5) is 0 Å². The number of carbonyl (C=O) groups excluding carboxylic acids is 1. The number of ether oxygens (including phenoxy) is 1. The van der Waals surface area contributed by atoms with Crippen LogP contribution in [0.3, 0.4) is 0 Å². The Hall–Kier alpha value is -1.93. The molecule has 1 amide bonds. The second-order valence-electron chi connectivity index (χ2n) is 6.60. The molecule has 1 aliphatic rings. The summed E-state index contributed by atoms with van der Waals surface area (Å²) in [6.45, 7) is 4.10. The number of amides is 1. The predicted octanol–water partition coefficient (Wildman–Crippen LogP) is 2.60. The van der Waals surface area contributed by atoms with Crippen molar-refractivity contribution in [3.63, 3.8) is 0 Å². The number of aromatic nitrogens is 1. The van der Waals surface area contributed by atoms with Crippen molar-refractivity contribution in [3.05, 3.63) is 45.4 Å². The molecule has 0 N–H and O–H groups in total. The van der Waals surface area contributed by atoms with Crippen molar-refractivity contribution in [1.29, 1.82) is 0 Å². The number of aryl methyl sites for hydroxylation is 2. The maximum atomic E-state index is 12.7. The Labute approximate surface area is 157 Å². The lowest BCUT2D eigenvalue weighted by Gasteiger charge is -2.22. The summed E-state index contributed by atoms with van der Waals surface area (Å²) in [6, 6.07) is 7.48. The van der Waals surface area contributed by atoms with Gasteiger partial charge in [0.05, 0.1) is 17.2 Å². The topological polar surface area (TPSA) is 76.6 Å². The van der Waals surface area contributed by atoms with Crippen LogP contribution in [-0.4, -0.2) is 48.8 Å². The lowest BCUT2D eigenvalue weighted by Crippen LogP contribution is -2.37. The summed E-state index contributed by atoms with van der Waals surface area (Å²) in [7, 11) is -1.37. The molecule has 0 bridgehead atoms. The molecule has 140 valence electrons. The third-order valence-corrected chi connectivity index (χ3v) is 7.36. The lowest BCUT2D eigenvalue weighted by atomic mass is 10.2. The molecule has 1 unspecified atom stereocenters. The first kappa shape index (κ1) is 18.8. The van der Waals surface area contributed by atoms with Crippen LogP contribution >= 0.6 is 11.3 Å². The van der Waals surface area contributed by atoms with Gasteiger partial charge >= 0.3 is 0 Å². The van der Waals surface area contributed by atoms with Gasteiger partial charge in [-0.1, -0.05) is 17.7 Å². The minimum absolute atomic E-state index is 0.0382. The Balaban J connectivity index is 1.67. The number of sulfone groups is 1. The molecular weight excluding hydrogens is 372 g/mol. The van der Waals surface area contributed by atoms with Crippen LogP contribution in [0.5, 0.6) is 5.75 Å². The summed E-state index contributed by atoms with van der Waals surface area (Å²) in [5, 5.41) is 0.721. The zero-order chi connectivity index (χ0) is 18.9. The van der Waals surface area contributed by atoms with Crippen LogP contribution in [0.15, 0.2) is 24.3 Å². The van der Waals surface area contributed by atoms with E-state index >= 15 is 0 Å². The number of thiazole rings is 1. The monoisotopic (exact) mass is 394 g/mol. The van der Waals surface area contributed by atoms with Crippen molar-refractivity contribution in [2.75, 3.05) is 18.6 Å². The molecule has 0 radical (unpaired) electrons. The highest BCUT2D eigenvalue weighted by Gasteiger charge is 2.34. The van der Waals surface area contributed by atoms with Crippen molar-refractivity contribution in [1.82, 2.24) is 9.88 Å². The third-order valence-electron chi connectivity index (χ3n) is 4.49. The van der Waals surface area contributed by atoms with Gasteiger partial charge in [-0.25, -0.2) is 13.4 Å². The smallest absolute Gasteiger partial charge is 0.265 e. The Morgan fingerprint density at radius 1 is 1.31 bits per heavy atom. The molecule has 3 rings (SSSR count). The van der Waals surface area contributed by atoms with E-state index in [1.807, 2.05) is 31.2 Å². The molecule has 6 nitrogen and oxygen atoms in total. The molecule has 0 aliphatic carbocycles. The highest BCUT2D eigenvalue weighted by Crippen LogP contribution is 2.24. The van der Waals surface area contributed by atoms with Gasteiger partial charge in [-0.05, 0) is 32.4 Å². The minimum atomic E-state index is -3.03. The largest absolute Gasteiger partial charge is 0.486 e. The standard InChI is InChI=1S/C18H22N2O4S2/c1-12-4-6-15(7-5-12)24-10-16-19-13(2)17(25-16)18(21)20(3)14-8-9-26(22,23)11-14/h4-7,14H,8-11H2,1-3H3. The number of nitrogens with zero attached hydrogens (tertiary/aromatic N) is 2. The summed E-state index contributed by atoms with van der Waals surface area (Å²) in [4.78, 5) is 19.3. The average molecular weight is 395 g/mol. The zero-order valence-corrected chi connectivity index (χ0v) is 16.7. The van der Waals surface area contributed by atoms with Crippen LogP contribution in [0, 0.1) is 13.8 Å². The Bertz CT molecular complexity index is 904. The zero-order valence-electron chi connectivity index (χ0n) is 15.1. The summed E-state index contributed by atoms with van der Waals surface area (Å²) < 4.78 is 29.0. The fourth-order valence-electron chi connectivity index (χ4n) is 2.90. The first-order valence-electron chi connectivity index (χ1n) is 8.38. The van der Waals surface area contributed by atoms with Gasteiger partial charge in [0.15, 0.2) is 9.84 Å². The average Bonchev–Trinajstić information content (AvgIpc) is 3.15. The number of carbonyl (C=O) groups is 1. The quantitative estimate of drug-likeness (QED) is 0.779. The summed E-state index contributed by atoms with van der Waals surface area (Å²) in [6.07, 6.45) is 0.492. The second kappa shape index (κ2) is 7.36. The van der Waals surface area contributed by atoms with Gasteiger partial charge in [0.2, 0.25) is 0 Å². The molecule has 1 aromatic carbocycles. The molecule has 1 fully saturated rings. The molecular formula is C18H22N2O4S2. The van der Waals surface area contributed by atoms with Crippen LogP contribution < -0.4 is 4.74 Å². The third kappa shape index (κ3) is 4.24. The van der Waals surface area contributed by atoms with Crippen LogP contribution in [-0.2, 0) is 16.4 Å². The van der Waals surface area contributed by atoms with Gasteiger partial charge < -0.3 is 9.64 Å². The van der Waals surface area contributed by atoms with E-state index in [0.29, 0.717) is 23.6 Å². The maximum Gasteiger partial charge on any atom is 0.265 e. The van der Waals surface area contributed by atoms with Crippen LogP contribution in [0.1, 0.15) is 32.4 Å². The van der Waals surface area contributed by atoms with Crippen molar-refractivity contribution < 1.29 is 17.9 Å². The Morgan fingerprint density at radius 2 is 2.00 bits per heavy atom. The van der Waals surface area contributed by atoms with Crippen LogP contribution in [0.2, 0.25) is 0 Å². The van der Waals surface area contributed by atoms with E-state index in [1.54, 1.807) is 14.0 Å². The lowest BCUT2D eigenvalue weighted by molar-refractivity contribution is 0.0751. The molecule has 8 heteroatoms. The highest BCUT2D eigenvalue weighted by molar-refractivity contribution is 7.91. The van der Waals surface area contributed by atoms with Crippen LogP contribution in [0.25, 0.3) is 0 Å². The van der Waals surface area contributed by atoms with Crippen molar-refractivity contribution in [2.45, 2.75) is 32.9 Å². The maximum absolute atomic E-state index is 12.7. The molecule has 0 saturated carbocycles. The molecule has 1 atom stereocenters. The fraction of sp³-hybridized carbons (Fsp3) is 0.444.